The van der Waals surface area contributed by atoms with Crippen molar-refractivity contribution < 1.29 is 19.4 Å². The molecule has 0 spiro atoms. The van der Waals surface area contributed by atoms with Crippen molar-refractivity contribution in [3.05, 3.63) is 48.6 Å². The molecule has 0 atom stereocenters. The number of hydrogen-bond acceptors (Lipinski definition) is 3. The van der Waals surface area contributed by atoms with E-state index in [4.69, 9.17) is 9.84 Å². The van der Waals surface area contributed by atoms with Gasteiger partial charge in [-0.1, -0.05) is 30.4 Å². The number of aliphatic carboxylic acids is 1. The Morgan fingerprint density at radius 2 is 2.05 bits per heavy atom. The van der Waals surface area contributed by atoms with Crippen LogP contribution in [0.5, 0.6) is 5.75 Å². The highest BCUT2D eigenvalue weighted by molar-refractivity contribution is 6.00. The van der Waals surface area contributed by atoms with Gasteiger partial charge >= 0.3 is 5.97 Å². The van der Waals surface area contributed by atoms with Crippen LogP contribution in [0, 0.1) is 0 Å². The van der Waals surface area contributed by atoms with Crippen LogP contribution in [0.1, 0.15) is 6.92 Å². The Morgan fingerprint density at radius 1 is 1.32 bits per heavy atom. The molecule has 0 fully saturated rings. The highest BCUT2D eigenvalue weighted by atomic mass is 16.5. The van der Waals surface area contributed by atoms with E-state index in [2.05, 4.69) is 5.32 Å². The van der Waals surface area contributed by atoms with Crippen LogP contribution >= 0.6 is 0 Å². The molecule has 0 saturated carbocycles. The van der Waals surface area contributed by atoms with Crippen LogP contribution in [0.3, 0.4) is 0 Å². The molecule has 19 heavy (non-hydrogen) atoms. The minimum Gasteiger partial charge on any atom is -0.480 e. The minimum atomic E-state index is -1.07. The number of hydrogen-bond donors (Lipinski definition) is 2. The van der Waals surface area contributed by atoms with Crippen molar-refractivity contribution in [3.63, 3.8) is 0 Å². The maximum Gasteiger partial charge on any atom is 0.341 e. The number of benzene rings is 1. The predicted octanol–water partition coefficient (Wildman–Crippen LogP) is 2.22. The maximum atomic E-state index is 11.6. The molecule has 0 unspecified atom stereocenters. The number of nitrogens with one attached hydrogen (secondary N) is 1. The third-order valence-corrected chi connectivity index (χ3v) is 2.05. The summed E-state index contributed by atoms with van der Waals surface area (Å²) < 4.78 is 5.07. The molecule has 0 bridgehead atoms. The van der Waals surface area contributed by atoms with Crippen molar-refractivity contribution in [1.82, 2.24) is 0 Å². The summed E-state index contributed by atoms with van der Waals surface area (Å²) in [4.78, 5) is 22.0. The average Bonchev–Trinajstić information content (AvgIpc) is 2.38. The summed E-state index contributed by atoms with van der Waals surface area (Å²) in [5.74, 6) is -1.07. The van der Waals surface area contributed by atoms with Crippen molar-refractivity contribution in [2.24, 2.45) is 0 Å². The molecule has 1 rings (SSSR count). The first kappa shape index (κ1) is 14.5. The Hall–Kier alpha value is -2.56. The third kappa shape index (κ3) is 5.54. The molecule has 5 heteroatoms. The van der Waals surface area contributed by atoms with Gasteiger partial charge in [0.15, 0.2) is 6.61 Å². The van der Waals surface area contributed by atoms with E-state index in [1.165, 1.54) is 6.08 Å². The summed E-state index contributed by atoms with van der Waals surface area (Å²) in [5, 5.41) is 11.2. The fourth-order valence-corrected chi connectivity index (χ4v) is 1.26. The molecule has 1 aromatic rings. The van der Waals surface area contributed by atoms with E-state index >= 15 is 0 Å². The molecule has 2 N–H and O–H groups in total. The highest BCUT2D eigenvalue weighted by Gasteiger charge is 2.06. The van der Waals surface area contributed by atoms with Crippen molar-refractivity contribution >= 4 is 17.6 Å². The molecule has 1 aromatic carbocycles. The average molecular weight is 261 g/mol. The number of para-hydroxylation sites is 2. The van der Waals surface area contributed by atoms with Crippen LogP contribution in [0.4, 0.5) is 5.69 Å². The summed E-state index contributed by atoms with van der Waals surface area (Å²) in [7, 11) is 0. The smallest absolute Gasteiger partial charge is 0.341 e. The number of carbonyl (C=O) groups excluding carboxylic acids is 1. The number of carboxylic acid groups (broad SMARTS) is 1. The van der Waals surface area contributed by atoms with Gasteiger partial charge < -0.3 is 15.2 Å². The number of rotatable bonds is 6. The number of allylic oxidation sites excluding steroid dienone is 3. The standard InChI is InChI=1S/C14H15NO4/c1-2-3-4-9-13(16)15-11-7-5-6-8-12(11)19-10-14(17)18/h2-9H,10H2,1H3,(H,15,16)(H,17,18)/b3-2+,9-4+. The topological polar surface area (TPSA) is 75.6 Å². The fourth-order valence-electron chi connectivity index (χ4n) is 1.26. The number of ether oxygens (including phenoxy) is 1. The van der Waals surface area contributed by atoms with Gasteiger partial charge in [0.25, 0.3) is 0 Å². The van der Waals surface area contributed by atoms with Crippen LogP contribution in [0.2, 0.25) is 0 Å². The Morgan fingerprint density at radius 3 is 2.74 bits per heavy atom. The SMILES string of the molecule is C/C=C/C=C/C(=O)Nc1ccccc1OCC(=O)O. The second-order valence-electron chi connectivity index (χ2n) is 3.55. The van der Waals surface area contributed by atoms with Crippen LogP contribution in [0.15, 0.2) is 48.6 Å². The molecule has 5 nitrogen and oxygen atoms in total. The van der Waals surface area contributed by atoms with Crippen molar-refractivity contribution in [2.75, 3.05) is 11.9 Å². The molecule has 100 valence electrons. The van der Waals surface area contributed by atoms with E-state index in [0.717, 1.165) is 0 Å². The monoisotopic (exact) mass is 261 g/mol. The normalized spacial score (nSPS) is 10.8. The van der Waals surface area contributed by atoms with Crippen LogP contribution in [-0.2, 0) is 9.59 Å². The first-order valence-corrected chi connectivity index (χ1v) is 5.67. The molecule has 0 aliphatic heterocycles. The molecule has 0 heterocycles. The fraction of sp³-hybridized carbons (Fsp3) is 0.143. The maximum absolute atomic E-state index is 11.6. The molecule has 0 aliphatic carbocycles. The molecular formula is C14H15NO4. The summed E-state index contributed by atoms with van der Waals surface area (Å²) in [5.41, 5.74) is 0.430. The van der Waals surface area contributed by atoms with Gasteiger partial charge in [-0.2, -0.15) is 0 Å². The van der Waals surface area contributed by atoms with Crippen molar-refractivity contribution in [1.29, 1.82) is 0 Å². The summed E-state index contributed by atoms with van der Waals surface area (Å²) >= 11 is 0. The van der Waals surface area contributed by atoms with Gasteiger partial charge in [0.05, 0.1) is 5.69 Å². The predicted molar refractivity (Wildman–Crippen MR) is 72.2 cm³/mol. The molecule has 0 aromatic heterocycles. The second kappa shape index (κ2) is 7.71. The quantitative estimate of drug-likeness (QED) is 0.608. The minimum absolute atomic E-state index is 0.315. The van der Waals surface area contributed by atoms with Gasteiger partial charge in [-0.25, -0.2) is 4.79 Å². The molecular weight excluding hydrogens is 246 g/mol. The summed E-state index contributed by atoms with van der Waals surface area (Å²) in [6, 6.07) is 6.65. The van der Waals surface area contributed by atoms with Crippen LogP contribution in [-0.4, -0.2) is 23.6 Å². The van der Waals surface area contributed by atoms with Gasteiger partial charge in [0.2, 0.25) is 5.91 Å². The Balaban J connectivity index is 2.71. The zero-order valence-electron chi connectivity index (χ0n) is 10.5. The summed E-state index contributed by atoms with van der Waals surface area (Å²) in [6.45, 7) is 1.39. The Labute approximate surface area is 111 Å². The first-order chi connectivity index (χ1) is 9.13. The molecule has 0 aliphatic rings. The van der Waals surface area contributed by atoms with Gasteiger partial charge in [0.1, 0.15) is 5.75 Å². The lowest BCUT2D eigenvalue weighted by molar-refractivity contribution is -0.139. The number of carboxylic acids is 1. The lowest BCUT2D eigenvalue weighted by atomic mass is 10.3. The number of carbonyl (C=O) groups is 2. The summed E-state index contributed by atoms with van der Waals surface area (Å²) in [6.07, 6.45) is 6.50. The first-order valence-electron chi connectivity index (χ1n) is 5.67. The van der Waals surface area contributed by atoms with Crippen molar-refractivity contribution in [2.45, 2.75) is 6.92 Å². The molecule has 1 amide bonds. The van der Waals surface area contributed by atoms with E-state index in [1.54, 1.807) is 42.5 Å². The van der Waals surface area contributed by atoms with Gasteiger partial charge in [-0.15, -0.1) is 0 Å². The Bertz CT molecular complexity index is 506. The van der Waals surface area contributed by atoms with E-state index in [9.17, 15) is 9.59 Å². The van der Waals surface area contributed by atoms with E-state index in [1.807, 2.05) is 6.92 Å². The molecule has 0 radical (unpaired) electrons. The molecule has 0 saturated heterocycles. The number of amides is 1. The van der Waals surface area contributed by atoms with Gasteiger partial charge in [-0.05, 0) is 19.1 Å². The van der Waals surface area contributed by atoms with Gasteiger partial charge in [0, 0.05) is 6.08 Å². The number of anilines is 1. The largest absolute Gasteiger partial charge is 0.480 e. The van der Waals surface area contributed by atoms with Gasteiger partial charge in [-0.3, -0.25) is 4.79 Å². The second-order valence-corrected chi connectivity index (χ2v) is 3.55. The van der Waals surface area contributed by atoms with E-state index in [-0.39, 0.29) is 5.91 Å². The lowest BCUT2D eigenvalue weighted by Crippen LogP contribution is -2.13. The van der Waals surface area contributed by atoms with E-state index < -0.39 is 12.6 Å². The lowest BCUT2D eigenvalue weighted by Gasteiger charge is -2.09. The van der Waals surface area contributed by atoms with Crippen LogP contribution in [0.25, 0.3) is 0 Å². The van der Waals surface area contributed by atoms with Crippen LogP contribution < -0.4 is 10.1 Å². The van der Waals surface area contributed by atoms with E-state index in [0.29, 0.717) is 11.4 Å². The zero-order valence-corrected chi connectivity index (χ0v) is 10.5. The Kier molecular flexibility index (Phi) is 5.88. The van der Waals surface area contributed by atoms with Crippen molar-refractivity contribution in [3.8, 4) is 5.75 Å². The third-order valence-electron chi connectivity index (χ3n) is 2.05. The highest BCUT2D eigenvalue weighted by Crippen LogP contribution is 2.23. The zero-order chi connectivity index (χ0) is 14.1.